The van der Waals surface area contributed by atoms with Gasteiger partial charge in [-0.3, -0.25) is 4.79 Å². The molecule has 5 heteroatoms. The minimum Gasteiger partial charge on any atom is -0.338 e. The largest absolute Gasteiger partial charge is 0.338 e. The lowest BCUT2D eigenvalue weighted by Gasteiger charge is -2.32. The van der Waals surface area contributed by atoms with Gasteiger partial charge < -0.3 is 10.2 Å². The Hall–Kier alpha value is -0.580. The number of nitrogens with one attached hydrogen (secondary N) is 1. The van der Waals surface area contributed by atoms with Crippen LogP contribution in [0.1, 0.15) is 28.1 Å². The third-order valence-electron chi connectivity index (χ3n) is 3.36. The zero-order chi connectivity index (χ0) is 12.3. The number of amides is 1. The normalized spacial score (nSPS) is 19.4. The number of nitrogens with zero attached hydrogens (tertiary/aromatic N) is 1. The van der Waals surface area contributed by atoms with Crippen LogP contribution in [0.5, 0.6) is 0 Å². The third-order valence-corrected chi connectivity index (χ3v) is 4.36. The van der Waals surface area contributed by atoms with Crippen LogP contribution in [0, 0.1) is 12.8 Å². The van der Waals surface area contributed by atoms with E-state index in [4.69, 9.17) is 0 Å². The number of carbonyl (C=O) groups is 1. The summed E-state index contributed by atoms with van der Waals surface area (Å²) < 4.78 is 0. The van der Waals surface area contributed by atoms with Crippen LogP contribution in [0.4, 0.5) is 0 Å². The quantitative estimate of drug-likeness (QED) is 0.927. The molecule has 18 heavy (non-hydrogen) atoms. The zero-order valence-electron chi connectivity index (χ0n) is 10.9. The van der Waals surface area contributed by atoms with E-state index in [-0.39, 0.29) is 18.3 Å². The Kier molecular flexibility index (Phi) is 6.12. The van der Waals surface area contributed by atoms with Crippen molar-refractivity contribution in [1.29, 1.82) is 0 Å². The Morgan fingerprint density at radius 2 is 2.39 bits per heavy atom. The Balaban J connectivity index is 0.00000162. The molecule has 1 fully saturated rings. The second-order valence-corrected chi connectivity index (χ2v) is 5.67. The highest BCUT2D eigenvalue weighted by Gasteiger charge is 2.25. The van der Waals surface area contributed by atoms with E-state index < -0.39 is 0 Å². The van der Waals surface area contributed by atoms with E-state index >= 15 is 0 Å². The van der Waals surface area contributed by atoms with Crippen LogP contribution in [0.25, 0.3) is 0 Å². The molecule has 3 nitrogen and oxygen atoms in total. The van der Waals surface area contributed by atoms with Gasteiger partial charge in [0.15, 0.2) is 0 Å². The number of piperidine rings is 1. The zero-order valence-corrected chi connectivity index (χ0v) is 12.6. The summed E-state index contributed by atoms with van der Waals surface area (Å²) in [4.78, 5) is 15.3. The number of halogens is 1. The predicted molar refractivity (Wildman–Crippen MR) is 78.9 cm³/mol. The van der Waals surface area contributed by atoms with Gasteiger partial charge in [-0.05, 0) is 56.3 Å². The molecule has 102 valence electrons. The lowest BCUT2D eigenvalue weighted by atomic mass is 9.98. The second kappa shape index (κ2) is 7.12. The first-order valence-electron chi connectivity index (χ1n) is 6.20. The average Bonchev–Trinajstić information content (AvgIpc) is 2.75. The fourth-order valence-electron chi connectivity index (χ4n) is 2.44. The van der Waals surface area contributed by atoms with Gasteiger partial charge in [-0.15, -0.1) is 23.7 Å². The highest BCUT2D eigenvalue weighted by molar-refractivity contribution is 7.12. The van der Waals surface area contributed by atoms with Gasteiger partial charge in [0.05, 0.1) is 4.88 Å². The van der Waals surface area contributed by atoms with Gasteiger partial charge in [-0.2, -0.15) is 0 Å². The van der Waals surface area contributed by atoms with Crippen molar-refractivity contribution in [3.63, 3.8) is 0 Å². The van der Waals surface area contributed by atoms with Crippen LogP contribution < -0.4 is 5.32 Å². The van der Waals surface area contributed by atoms with Crippen LogP contribution in [0.3, 0.4) is 0 Å². The standard InChI is InChI=1S/C13H20N2OS.ClH/c1-10-5-7-17-12(10)13(16)15-6-3-4-11(9-15)8-14-2;/h5,7,11,14H,3-4,6,8-9H2,1-2H3;1H. The van der Waals surface area contributed by atoms with Crippen LogP contribution in [0.15, 0.2) is 11.4 Å². The molecular weight excluding hydrogens is 268 g/mol. The highest BCUT2D eigenvalue weighted by Crippen LogP contribution is 2.22. The number of thiophene rings is 1. The van der Waals surface area contributed by atoms with Gasteiger partial charge in [0, 0.05) is 13.1 Å². The molecule has 0 spiro atoms. The van der Waals surface area contributed by atoms with Crippen LogP contribution >= 0.6 is 23.7 Å². The van der Waals surface area contributed by atoms with E-state index in [2.05, 4.69) is 5.32 Å². The van der Waals surface area contributed by atoms with Gasteiger partial charge in [0.2, 0.25) is 0 Å². The topological polar surface area (TPSA) is 32.3 Å². The molecule has 1 aliphatic heterocycles. The first-order valence-corrected chi connectivity index (χ1v) is 7.08. The van der Waals surface area contributed by atoms with E-state index in [0.29, 0.717) is 5.92 Å². The van der Waals surface area contributed by atoms with Gasteiger partial charge in [-0.1, -0.05) is 0 Å². The second-order valence-electron chi connectivity index (χ2n) is 4.75. The molecule has 1 aliphatic rings. The lowest BCUT2D eigenvalue weighted by molar-refractivity contribution is 0.0678. The third kappa shape index (κ3) is 3.46. The Bertz CT molecular complexity index is 392. The van der Waals surface area contributed by atoms with Crippen molar-refractivity contribution < 1.29 is 4.79 Å². The van der Waals surface area contributed by atoms with E-state index in [9.17, 15) is 4.79 Å². The van der Waals surface area contributed by atoms with Crippen LogP contribution in [-0.2, 0) is 0 Å². The van der Waals surface area contributed by atoms with E-state index in [1.54, 1.807) is 11.3 Å². The maximum Gasteiger partial charge on any atom is 0.264 e. The summed E-state index contributed by atoms with van der Waals surface area (Å²) in [5.74, 6) is 0.830. The van der Waals surface area contributed by atoms with E-state index in [0.717, 1.165) is 36.5 Å². The van der Waals surface area contributed by atoms with Gasteiger partial charge in [0.1, 0.15) is 0 Å². The van der Waals surface area contributed by atoms with Crippen molar-refractivity contribution in [2.75, 3.05) is 26.7 Å². The number of hydrogen-bond acceptors (Lipinski definition) is 3. The number of hydrogen-bond donors (Lipinski definition) is 1. The molecule has 1 N–H and O–H groups in total. The van der Waals surface area contributed by atoms with Crippen molar-refractivity contribution >= 4 is 29.7 Å². The first-order chi connectivity index (χ1) is 8.22. The van der Waals surface area contributed by atoms with Crippen molar-refractivity contribution in [3.05, 3.63) is 21.9 Å². The summed E-state index contributed by atoms with van der Waals surface area (Å²) in [6.45, 7) is 4.83. The van der Waals surface area contributed by atoms with E-state index in [1.165, 1.54) is 6.42 Å². The molecule has 0 radical (unpaired) electrons. The van der Waals surface area contributed by atoms with Crippen LogP contribution in [-0.4, -0.2) is 37.5 Å². The summed E-state index contributed by atoms with van der Waals surface area (Å²) in [6, 6.07) is 2.02. The van der Waals surface area contributed by atoms with Crippen molar-refractivity contribution in [3.8, 4) is 0 Å². The van der Waals surface area contributed by atoms with Crippen molar-refractivity contribution in [1.82, 2.24) is 10.2 Å². The Labute approximate surface area is 119 Å². The maximum atomic E-state index is 12.3. The fraction of sp³-hybridized carbons (Fsp3) is 0.615. The van der Waals surface area contributed by atoms with Crippen LogP contribution in [0.2, 0.25) is 0 Å². The summed E-state index contributed by atoms with van der Waals surface area (Å²) in [7, 11) is 1.98. The number of rotatable bonds is 3. The SMILES string of the molecule is CNCC1CCCN(C(=O)c2sccc2C)C1.Cl. The molecule has 0 bridgehead atoms. The van der Waals surface area contributed by atoms with Gasteiger partial charge in [0.25, 0.3) is 5.91 Å². The molecule has 1 amide bonds. The smallest absolute Gasteiger partial charge is 0.264 e. The molecule has 0 saturated carbocycles. The monoisotopic (exact) mass is 288 g/mol. The Morgan fingerprint density at radius 1 is 1.61 bits per heavy atom. The number of aryl methyl sites for hydroxylation is 1. The molecule has 1 aromatic rings. The molecule has 1 atom stereocenters. The lowest BCUT2D eigenvalue weighted by Crippen LogP contribution is -2.42. The molecule has 2 heterocycles. The highest BCUT2D eigenvalue weighted by atomic mass is 35.5. The molecule has 1 unspecified atom stereocenters. The Morgan fingerprint density at radius 3 is 3.00 bits per heavy atom. The summed E-state index contributed by atoms with van der Waals surface area (Å²) in [6.07, 6.45) is 2.36. The summed E-state index contributed by atoms with van der Waals surface area (Å²) in [5, 5.41) is 5.21. The van der Waals surface area contributed by atoms with Crippen molar-refractivity contribution in [2.45, 2.75) is 19.8 Å². The minimum absolute atomic E-state index is 0. The maximum absolute atomic E-state index is 12.3. The summed E-state index contributed by atoms with van der Waals surface area (Å²) >= 11 is 1.56. The summed E-state index contributed by atoms with van der Waals surface area (Å²) in [5.41, 5.74) is 1.11. The molecule has 2 rings (SSSR count). The molecule has 1 aromatic heterocycles. The van der Waals surface area contributed by atoms with E-state index in [1.807, 2.05) is 30.3 Å². The molecule has 0 aliphatic carbocycles. The number of carbonyl (C=O) groups excluding carboxylic acids is 1. The minimum atomic E-state index is 0. The molecular formula is C13H21ClN2OS. The molecule has 0 aromatic carbocycles. The van der Waals surface area contributed by atoms with Gasteiger partial charge in [-0.25, -0.2) is 0 Å². The average molecular weight is 289 g/mol. The first kappa shape index (κ1) is 15.5. The van der Waals surface area contributed by atoms with Crippen molar-refractivity contribution in [2.24, 2.45) is 5.92 Å². The van der Waals surface area contributed by atoms with Gasteiger partial charge >= 0.3 is 0 Å². The number of likely N-dealkylation sites (tertiary alicyclic amines) is 1. The predicted octanol–water partition coefficient (Wildman–Crippen LogP) is 2.55. The molecule has 1 saturated heterocycles. The fourth-order valence-corrected chi connectivity index (χ4v) is 3.33.